The summed E-state index contributed by atoms with van der Waals surface area (Å²) in [6.07, 6.45) is 0. The van der Waals surface area contributed by atoms with Crippen molar-refractivity contribution >= 4 is 39.9 Å². The van der Waals surface area contributed by atoms with Gasteiger partial charge in [-0.1, -0.05) is 23.7 Å². The Labute approximate surface area is 84.3 Å². The molecule has 0 saturated carbocycles. The number of rotatable bonds is 0. The molecule has 0 atom stereocenters. The standard InChI is InChI=1S/C8H5ClIN/c1-5-6(10)3-4-7(11-2)8(5)9/h3-4H,1H3. The molecule has 3 heteroatoms. The topological polar surface area (TPSA) is 4.36 Å². The van der Waals surface area contributed by atoms with Gasteiger partial charge >= 0.3 is 0 Å². The van der Waals surface area contributed by atoms with Crippen LogP contribution in [0.4, 0.5) is 5.69 Å². The average Bonchev–Trinajstić information content (AvgIpc) is 2.01. The van der Waals surface area contributed by atoms with Crippen molar-refractivity contribution < 1.29 is 0 Å². The maximum atomic E-state index is 6.79. The quantitative estimate of drug-likeness (QED) is 0.502. The zero-order chi connectivity index (χ0) is 8.43. The fourth-order valence-corrected chi connectivity index (χ4v) is 1.55. The van der Waals surface area contributed by atoms with Crippen LogP contribution in [0.5, 0.6) is 0 Å². The van der Waals surface area contributed by atoms with Gasteiger partial charge in [-0.2, -0.15) is 0 Å². The smallest absolute Gasteiger partial charge is 0.205 e. The lowest BCUT2D eigenvalue weighted by Gasteiger charge is -2.01. The largest absolute Gasteiger partial charge is 0.237 e. The first kappa shape index (κ1) is 8.82. The maximum Gasteiger partial charge on any atom is 0.205 e. The Morgan fingerprint density at radius 3 is 2.73 bits per heavy atom. The molecule has 0 aliphatic rings. The third kappa shape index (κ3) is 1.66. The van der Waals surface area contributed by atoms with Gasteiger partial charge < -0.3 is 0 Å². The second-order valence-corrected chi connectivity index (χ2v) is 3.66. The normalized spacial score (nSPS) is 9.27. The van der Waals surface area contributed by atoms with Crippen molar-refractivity contribution in [2.75, 3.05) is 0 Å². The van der Waals surface area contributed by atoms with Gasteiger partial charge in [0.05, 0.1) is 11.6 Å². The monoisotopic (exact) mass is 277 g/mol. The van der Waals surface area contributed by atoms with Gasteiger partial charge in [-0.15, -0.1) is 0 Å². The van der Waals surface area contributed by atoms with Crippen LogP contribution in [0.3, 0.4) is 0 Å². The summed E-state index contributed by atoms with van der Waals surface area (Å²) < 4.78 is 1.10. The zero-order valence-corrected chi connectivity index (χ0v) is 8.77. The Balaban J connectivity index is 3.40. The first-order valence-electron chi connectivity index (χ1n) is 2.99. The summed E-state index contributed by atoms with van der Waals surface area (Å²) >= 11 is 8.08. The van der Waals surface area contributed by atoms with Gasteiger partial charge in [0.2, 0.25) is 5.69 Å². The van der Waals surface area contributed by atoms with E-state index in [0.29, 0.717) is 10.7 Å². The Morgan fingerprint density at radius 1 is 1.55 bits per heavy atom. The number of hydrogen-bond donors (Lipinski definition) is 0. The molecule has 0 saturated heterocycles. The van der Waals surface area contributed by atoms with Gasteiger partial charge in [0.1, 0.15) is 0 Å². The zero-order valence-electron chi connectivity index (χ0n) is 5.86. The lowest BCUT2D eigenvalue weighted by molar-refractivity contribution is 1.44. The van der Waals surface area contributed by atoms with Gasteiger partial charge in [0, 0.05) is 3.57 Å². The van der Waals surface area contributed by atoms with Crippen LogP contribution < -0.4 is 0 Å². The maximum absolute atomic E-state index is 6.79. The molecular formula is C8H5ClIN. The number of halogens is 2. The van der Waals surface area contributed by atoms with E-state index in [4.69, 9.17) is 18.2 Å². The molecule has 0 heterocycles. The minimum absolute atomic E-state index is 0.532. The summed E-state index contributed by atoms with van der Waals surface area (Å²) in [6.45, 7) is 8.71. The van der Waals surface area contributed by atoms with Crippen molar-refractivity contribution in [2.24, 2.45) is 0 Å². The van der Waals surface area contributed by atoms with Crippen LogP contribution in [0.25, 0.3) is 4.85 Å². The lowest BCUT2D eigenvalue weighted by atomic mass is 10.2. The van der Waals surface area contributed by atoms with Crippen LogP contribution in [0.2, 0.25) is 5.02 Å². The SMILES string of the molecule is [C-]#[N+]c1ccc(I)c(C)c1Cl. The molecule has 56 valence electrons. The predicted octanol–water partition coefficient (Wildman–Crippen LogP) is 3.80. The molecule has 0 N–H and O–H groups in total. The van der Waals surface area contributed by atoms with E-state index in [1.807, 2.05) is 13.0 Å². The molecule has 0 bridgehead atoms. The van der Waals surface area contributed by atoms with E-state index in [1.54, 1.807) is 6.07 Å². The van der Waals surface area contributed by atoms with E-state index in [2.05, 4.69) is 27.4 Å². The molecule has 1 aromatic rings. The van der Waals surface area contributed by atoms with Crippen LogP contribution in [0.15, 0.2) is 12.1 Å². The highest BCUT2D eigenvalue weighted by atomic mass is 127. The van der Waals surface area contributed by atoms with Crippen LogP contribution in [-0.2, 0) is 0 Å². The number of nitrogens with zero attached hydrogens (tertiary/aromatic N) is 1. The molecule has 0 spiro atoms. The fraction of sp³-hybridized carbons (Fsp3) is 0.125. The van der Waals surface area contributed by atoms with Gasteiger partial charge in [0.25, 0.3) is 0 Å². The Bertz CT molecular complexity index is 328. The predicted molar refractivity (Wildman–Crippen MR) is 55.2 cm³/mol. The Morgan fingerprint density at radius 2 is 2.18 bits per heavy atom. The molecule has 0 unspecified atom stereocenters. The summed E-state index contributed by atoms with van der Waals surface area (Å²) in [5, 5.41) is 0.576. The summed E-state index contributed by atoms with van der Waals surface area (Å²) in [6, 6.07) is 3.64. The minimum atomic E-state index is 0.532. The first-order valence-corrected chi connectivity index (χ1v) is 4.44. The van der Waals surface area contributed by atoms with Gasteiger partial charge in [0.15, 0.2) is 0 Å². The van der Waals surface area contributed by atoms with E-state index >= 15 is 0 Å². The van der Waals surface area contributed by atoms with E-state index in [0.717, 1.165) is 9.13 Å². The van der Waals surface area contributed by atoms with E-state index in [9.17, 15) is 0 Å². The van der Waals surface area contributed by atoms with Crippen molar-refractivity contribution in [3.05, 3.63) is 37.7 Å². The molecule has 1 rings (SSSR count). The Kier molecular flexibility index (Phi) is 2.74. The second-order valence-electron chi connectivity index (χ2n) is 2.12. The van der Waals surface area contributed by atoms with Crippen molar-refractivity contribution in [1.29, 1.82) is 0 Å². The fourth-order valence-electron chi connectivity index (χ4n) is 0.734. The van der Waals surface area contributed by atoms with Crippen LogP contribution >= 0.6 is 34.2 Å². The van der Waals surface area contributed by atoms with Gasteiger partial charge in [-0.05, 0) is 35.1 Å². The number of hydrogen-bond acceptors (Lipinski definition) is 0. The van der Waals surface area contributed by atoms with Crippen molar-refractivity contribution in [1.82, 2.24) is 0 Å². The molecule has 1 aromatic carbocycles. The molecule has 0 aliphatic heterocycles. The third-order valence-corrected chi connectivity index (χ3v) is 3.07. The highest BCUT2D eigenvalue weighted by Crippen LogP contribution is 2.30. The Hall–Kier alpha value is -0.270. The molecule has 0 amide bonds. The average molecular weight is 277 g/mol. The summed E-state index contributed by atoms with van der Waals surface area (Å²) in [4.78, 5) is 3.29. The highest BCUT2D eigenvalue weighted by molar-refractivity contribution is 14.1. The summed E-state index contributed by atoms with van der Waals surface area (Å²) in [7, 11) is 0. The highest BCUT2D eigenvalue weighted by Gasteiger charge is 2.04. The van der Waals surface area contributed by atoms with Crippen LogP contribution in [-0.4, -0.2) is 0 Å². The van der Waals surface area contributed by atoms with Crippen molar-refractivity contribution in [2.45, 2.75) is 6.92 Å². The molecule has 0 aliphatic carbocycles. The van der Waals surface area contributed by atoms with Crippen LogP contribution in [0.1, 0.15) is 5.56 Å². The van der Waals surface area contributed by atoms with E-state index in [-0.39, 0.29) is 0 Å². The summed E-state index contributed by atoms with van der Waals surface area (Å²) in [5.74, 6) is 0. The molecular weight excluding hydrogens is 272 g/mol. The summed E-state index contributed by atoms with van der Waals surface area (Å²) in [5.41, 5.74) is 1.52. The second kappa shape index (κ2) is 3.42. The van der Waals surface area contributed by atoms with Gasteiger partial charge in [-0.3, -0.25) is 0 Å². The molecule has 1 nitrogen and oxygen atoms in total. The first-order chi connectivity index (χ1) is 5.16. The van der Waals surface area contributed by atoms with Crippen LogP contribution in [0, 0.1) is 17.1 Å². The minimum Gasteiger partial charge on any atom is -0.237 e. The van der Waals surface area contributed by atoms with E-state index < -0.39 is 0 Å². The third-order valence-electron chi connectivity index (χ3n) is 1.42. The van der Waals surface area contributed by atoms with Gasteiger partial charge in [-0.25, -0.2) is 4.85 Å². The molecule has 0 radical (unpaired) electrons. The number of benzene rings is 1. The molecule has 11 heavy (non-hydrogen) atoms. The molecule has 0 fully saturated rings. The van der Waals surface area contributed by atoms with Crippen molar-refractivity contribution in [3.63, 3.8) is 0 Å². The van der Waals surface area contributed by atoms with E-state index in [1.165, 1.54) is 0 Å². The molecule has 0 aromatic heterocycles. The van der Waals surface area contributed by atoms with Crippen molar-refractivity contribution in [3.8, 4) is 0 Å². The lowest BCUT2D eigenvalue weighted by Crippen LogP contribution is -1.80.